The Hall–Kier alpha value is -2.35. The summed E-state index contributed by atoms with van der Waals surface area (Å²) < 4.78 is 5.14. The predicted octanol–water partition coefficient (Wildman–Crippen LogP) is 2.59. The summed E-state index contributed by atoms with van der Waals surface area (Å²) in [6, 6.07) is 6.74. The molecular weight excluding hydrogens is 292 g/mol. The lowest BCUT2D eigenvalue weighted by Gasteiger charge is -2.06. The summed E-state index contributed by atoms with van der Waals surface area (Å²) in [7, 11) is 1.51. The average Bonchev–Trinajstić information content (AvgIpc) is 2.50. The normalized spacial score (nSPS) is 10.0. The summed E-state index contributed by atoms with van der Waals surface area (Å²) in [6.07, 6.45) is 2.95. The van der Waals surface area contributed by atoms with Crippen LogP contribution in [-0.2, 0) is 14.4 Å². The topological polar surface area (TPSA) is 99.9 Å². The second-order valence-electron chi connectivity index (χ2n) is 4.49. The van der Waals surface area contributed by atoms with Crippen molar-refractivity contribution in [3.8, 4) is 0 Å². The molecule has 0 spiro atoms. The van der Waals surface area contributed by atoms with Crippen LogP contribution in [0.3, 0.4) is 0 Å². The maximum atomic E-state index is 11.8. The largest absolute Gasteiger partial charge is 0.462 e. The molecule has 0 saturated carbocycles. The number of hydrogen-bond acceptors (Lipinski definition) is 7. The first-order valence-corrected chi connectivity index (χ1v) is 6.97. The van der Waals surface area contributed by atoms with E-state index in [-0.39, 0.29) is 12.6 Å². The number of anilines is 1. The van der Waals surface area contributed by atoms with E-state index in [1.807, 2.05) is 0 Å². The summed E-state index contributed by atoms with van der Waals surface area (Å²) in [5.74, 6) is -0.374. The molecule has 0 aliphatic heterocycles. The summed E-state index contributed by atoms with van der Waals surface area (Å²) in [5, 5.41) is 9.12. The van der Waals surface area contributed by atoms with Crippen molar-refractivity contribution in [2.75, 3.05) is 25.8 Å². The molecule has 0 fully saturated rings. The summed E-state index contributed by atoms with van der Waals surface area (Å²) in [6.45, 7) is 0.432. The third-order valence-electron chi connectivity index (χ3n) is 2.81. The highest BCUT2D eigenvalue weighted by atomic mass is 16.9. The van der Waals surface area contributed by atoms with Crippen LogP contribution in [0.4, 0.5) is 5.69 Å². The van der Waals surface area contributed by atoms with E-state index in [1.54, 1.807) is 24.3 Å². The molecule has 8 heteroatoms. The SMILES string of the molecule is CONc1ccc(C(=O)OCCCCCCO[N+](=O)[O-])cc1. The molecule has 0 heterocycles. The van der Waals surface area contributed by atoms with Gasteiger partial charge in [-0.25, -0.2) is 4.79 Å². The molecule has 122 valence electrons. The van der Waals surface area contributed by atoms with Crippen molar-refractivity contribution in [3.05, 3.63) is 39.9 Å². The molecule has 0 aromatic heterocycles. The van der Waals surface area contributed by atoms with Crippen LogP contribution in [0.25, 0.3) is 0 Å². The van der Waals surface area contributed by atoms with Gasteiger partial charge in [-0.3, -0.25) is 10.3 Å². The van der Waals surface area contributed by atoms with Gasteiger partial charge in [-0.1, -0.05) is 6.42 Å². The number of nitrogens with zero attached hydrogens (tertiary/aromatic N) is 1. The van der Waals surface area contributed by atoms with E-state index >= 15 is 0 Å². The molecule has 0 amide bonds. The van der Waals surface area contributed by atoms with E-state index in [1.165, 1.54) is 7.11 Å². The van der Waals surface area contributed by atoms with Crippen LogP contribution in [-0.4, -0.2) is 31.4 Å². The maximum Gasteiger partial charge on any atom is 0.338 e. The van der Waals surface area contributed by atoms with Crippen molar-refractivity contribution in [1.82, 2.24) is 0 Å². The van der Waals surface area contributed by atoms with Crippen molar-refractivity contribution in [2.24, 2.45) is 0 Å². The summed E-state index contributed by atoms with van der Waals surface area (Å²) in [4.78, 5) is 30.6. The number of hydrogen-bond donors (Lipinski definition) is 1. The molecule has 0 radical (unpaired) electrons. The number of esters is 1. The molecule has 22 heavy (non-hydrogen) atoms. The van der Waals surface area contributed by atoms with Gasteiger partial charge in [0.1, 0.15) is 0 Å². The molecule has 0 saturated heterocycles. The standard InChI is InChI=1S/C14H20N2O6/c1-20-15-13-8-6-12(7-9-13)14(17)21-10-4-2-3-5-11-22-16(18)19/h6-9,15H,2-5,10-11H2,1H3. The van der Waals surface area contributed by atoms with Gasteiger partial charge >= 0.3 is 5.97 Å². The third kappa shape index (κ3) is 7.44. The van der Waals surface area contributed by atoms with E-state index in [2.05, 4.69) is 10.3 Å². The van der Waals surface area contributed by atoms with Gasteiger partial charge in [0.2, 0.25) is 0 Å². The number of carbonyl (C=O) groups excluding carboxylic acids is 1. The first-order chi connectivity index (χ1) is 10.6. The quantitative estimate of drug-likeness (QED) is 0.290. The Balaban J connectivity index is 2.11. The highest BCUT2D eigenvalue weighted by Gasteiger charge is 2.06. The molecule has 0 bridgehead atoms. The Morgan fingerprint density at radius 3 is 2.36 bits per heavy atom. The van der Waals surface area contributed by atoms with Crippen LogP contribution < -0.4 is 5.48 Å². The minimum Gasteiger partial charge on any atom is -0.462 e. The van der Waals surface area contributed by atoms with Crippen LogP contribution in [0.5, 0.6) is 0 Å². The van der Waals surface area contributed by atoms with Crippen molar-refractivity contribution < 1.29 is 24.3 Å². The van der Waals surface area contributed by atoms with Crippen LogP contribution in [0, 0.1) is 10.1 Å². The van der Waals surface area contributed by atoms with Crippen molar-refractivity contribution in [2.45, 2.75) is 25.7 Å². The maximum absolute atomic E-state index is 11.8. The van der Waals surface area contributed by atoms with Gasteiger partial charge in [0.05, 0.1) is 31.6 Å². The Morgan fingerprint density at radius 1 is 1.14 bits per heavy atom. The molecule has 1 aromatic rings. The molecule has 0 aliphatic rings. The summed E-state index contributed by atoms with van der Waals surface area (Å²) in [5.41, 5.74) is 3.87. The zero-order valence-corrected chi connectivity index (χ0v) is 12.4. The highest BCUT2D eigenvalue weighted by molar-refractivity contribution is 5.89. The fourth-order valence-electron chi connectivity index (χ4n) is 1.74. The summed E-state index contributed by atoms with van der Waals surface area (Å²) >= 11 is 0. The Kier molecular flexibility index (Phi) is 8.36. The molecular formula is C14H20N2O6. The van der Waals surface area contributed by atoms with Crippen molar-refractivity contribution >= 4 is 11.7 Å². The molecule has 0 aliphatic carbocycles. The van der Waals surface area contributed by atoms with E-state index in [0.717, 1.165) is 18.5 Å². The lowest BCUT2D eigenvalue weighted by Crippen LogP contribution is -2.07. The minimum atomic E-state index is -0.796. The van der Waals surface area contributed by atoms with Crippen LogP contribution in [0.1, 0.15) is 36.0 Å². The predicted molar refractivity (Wildman–Crippen MR) is 78.8 cm³/mol. The molecule has 8 nitrogen and oxygen atoms in total. The van der Waals surface area contributed by atoms with Crippen molar-refractivity contribution in [3.63, 3.8) is 0 Å². The minimum absolute atomic E-state index is 0.106. The van der Waals surface area contributed by atoms with E-state index < -0.39 is 5.09 Å². The molecule has 1 N–H and O–H groups in total. The van der Waals surface area contributed by atoms with Crippen LogP contribution >= 0.6 is 0 Å². The molecule has 1 rings (SSSR count). The van der Waals surface area contributed by atoms with Gasteiger partial charge < -0.3 is 9.57 Å². The van der Waals surface area contributed by atoms with Crippen LogP contribution in [0.2, 0.25) is 0 Å². The van der Waals surface area contributed by atoms with Gasteiger partial charge in [-0.05, 0) is 43.5 Å². The number of benzene rings is 1. The van der Waals surface area contributed by atoms with Gasteiger partial charge in [0.25, 0.3) is 5.09 Å². The van der Waals surface area contributed by atoms with Gasteiger partial charge in [0, 0.05) is 0 Å². The number of carbonyl (C=O) groups is 1. The first kappa shape index (κ1) is 17.7. The average molecular weight is 312 g/mol. The third-order valence-corrected chi connectivity index (χ3v) is 2.81. The van der Waals surface area contributed by atoms with Crippen molar-refractivity contribution in [1.29, 1.82) is 0 Å². The van der Waals surface area contributed by atoms with Gasteiger partial charge in [-0.2, -0.15) is 0 Å². The smallest absolute Gasteiger partial charge is 0.338 e. The number of ether oxygens (including phenoxy) is 1. The fraction of sp³-hybridized carbons (Fsp3) is 0.500. The Labute approximate surface area is 128 Å². The monoisotopic (exact) mass is 312 g/mol. The van der Waals surface area contributed by atoms with Crippen LogP contribution in [0.15, 0.2) is 24.3 Å². The van der Waals surface area contributed by atoms with Gasteiger partial charge in [-0.15, -0.1) is 10.1 Å². The molecule has 0 unspecified atom stereocenters. The lowest BCUT2D eigenvalue weighted by molar-refractivity contribution is -0.757. The number of unbranched alkanes of at least 4 members (excludes halogenated alkanes) is 3. The second kappa shape index (κ2) is 10.4. The van der Waals surface area contributed by atoms with E-state index in [0.29, 0.717) is 25.0 Å². The Morgan fingerprint density at radius 2 is 1.77 bits per heavy atom. The lowest BCUT2D eigenvalue weighted by atomic mass is 10.2. The number of nitrogens with one attached hydrogen (secondary N) is 1. The Bertz CT molecular complexity index is 463. The second-order valence-corrected chi connectivity index (χ2v) is 4.49. The zero-order chi connectivity index (χ0) is 16.2. The van der Waals surface area contributed by atoms with Gasteiger partial charge in [0.15, 0.2) is 0 Å². The van der Waals surface area contributed by atoms with E-state index in [4.69, 9.17) is 9.57 Å². The molecule has 0 atom stereocenters. The highest BCUT2D eigenvalue weighted by Crippen LogP contribution is 2.10. The first-order valence-electron chi connectivity index (χ1n) is 6.97. The molecule has 1 aromatic carbocycles. The zero-order valence-electron chi connectivity index (χ0n) is 12.4. The van der Waals surface area contributed by atoms with E-state index in [9.17, 15) is 14.9 Å². The fourth-order valence-corrected chi connectivity index (χ4v) is 1.74. The number of rotatable bonds is 11.